The molecule has 0 saturated carbocycles. The first-order valence-corrected chi connectivity index (χ1v) is 19.8. The number of nitrogens with two attached hydrogens (primary N) is 1. The summed E-state index contributed by atoms with van der Waals surface area (Å²) in [4.78, 5) is 47.6. The molecule has 15 nitrogen and oxygen atoms in total. The molecule has 6 N–H and O–H groups in total. The lowest BCUT2D eigenvalue weighted by atomic mass is 9.80. The van der Waals surface area contributed by atoms with Gasteiger partial charge in [0, 0.05) is 41.8 Å². The van der Waals surface area contributed by atoms with E-state index in [-0.39, 0.29) is 23.8 Å². The van der Waals surface area contributed by atoms with Gasteiger partial charge in [-0.05, 0) is 71.9 Å². The number of nitrogens with one attached hydrogen (secondary N) is 2. The fraction of sp³-hybridized carbons (Fsp3) is 0.209. The van der Waals surface area contributed by atoms with E-state index in [0.717, 1.165) is 29.5 Å². The number of likely N-dealkylation sites (tertiary alicyclic amines) is 1. The summed E-state index contributed by atoms with van der Waals surface area (Å²) in [7, 11) is 1.49. The maximum Gasteiger partial charge on any atom is 0.488 e. The van der Waals surface area contributed by atoms with Gasteiger partial charge in [-0.25, -0.2) is 14.6 Å². The number of rotatable bonds is 12. The molecule has 3 heterocycles. The van der Waals surface area contributed by atoms with Gasteiger partial charge in [-0.3, -0.25) is 14.4 Å². The van der Waals surface area contributed by atoms with Gasteiger partial charge >= 0.3 is 7.12 Å². The Morgan fingerprint density at radius 3 is 1.95 bits per heavy atom. The molecule has 6 aromatic rings. The third-order valence-electron chi connectivity index (χ3n) is 9.97. The van der Waals surface area contributed by atoms with Crippen molar-refractivity contribution >= 4 is 70.4 Å². The first kappa shape index (κ1) is 44.1. The van der Waals surface area contributed by atoms with E-state index in [9.17, 15) is 14.4 Å². The molecule has 3 amide bonds. The molecule has 61 heavy (non-hydrogen) atoms. The second-order valence-electron chi connectivity index (χ2n) is 13.9. The van der Waals surface area contributed by atoms with Gasteiger partial charge in [-0.1, -0.05) is 78.3 Å². The number of nitrogen functional groups attached to an aromatic ring is 1. The van der Waals surface area contributed by atoms with Crippen molar-refractivity contribution in [2.45, 2.75) is 32.0 Å². The molecule has 1 aliphatic heterocycles. The van der Waals surface area contributed by atoms with Gasteiger partial charge in [0.05, 0.1) is 36.8 Å². The Morgan fingerprint density at radius 1 is 0.869 bits per heavy atom. The number of benzene rings is 4. The van der Waals surface area contributed by atoms with Crippen LogP contribution in [-0.4, -0.2) is 86.8 Å². The van der Waals surface area contributed by atoms with E-state index in [1.165, 1.54) is 26.6 Å². The average molecular weight is 866 g/mol. The first-order chi connectivity index (χ1) is 29.4. The molecular formula is C43H43BCl2N8O7. The highest BCUT2D eigenvalue weighted by atomic mass is 35.5. The largest absolute Gasteiger partial charge is 0.496 e. The Kier molecular flexibility index (Phi) is 14.6. The molecule has 314 valence electrons. The first-order valence-electron chi connectivity index (χ1n) is 19.1. The van der Waals surface area contributed by atoms with Gasteiger partial charge in [0.1, 0.15) is 29.3 Å². The van der Waals surface area contributed by atoms with Crippen LogP contribution >= 0.6 is 23.2 Å². The predicted molar refractivity (Wildman–Crippen MR) is 235 cm³/mol. The Hall–Kier alpha value is -6.46. The molecule has 0 spiro atoms. The highest BCUT2D eigenvalue weighted by molar-refractivity contribution is 6.58. The number of fused-ring (bicyclic) bond motifs is 1. The lowest BCUT2D eigenvalue weighted by molar-refractivity contribution is -0.127. The molecule has 1 fully saturated rings. The van der Waals surface area contributed by atoms with E-state index in [2.05, 4.69) is 27.2 Å². The zero-order valence-corrected chi connectivity index (χ0v) is 34.9. The fourth-order valence-corrected chi connectivity index (χ4v) is 7.14. The van der Waals surface area contributed by atoms with E-state index in [4.69, 9.17) is 53.6 Å². The van der Waals surface area contributed by atoms with Crippen molar-refractivity contribution in [3.8, 4) is 22.8 Å². The number of methoxy groups -OCH3 is 2. The van der Waals surface area contributed by atoms with E-state index < -0.39 is 7.12 Å². The number of aromatic nitrogens is 4. The number of carbonyl (C=O) groups is 3. The number of hydrogen-bond acceptors (Lipinski definition) is 11. The summed E-state index contributed by atoms with van der Waals surface area (Å²) in [6.45, 7) is 5.42. The van der Waals surface area contributed by atoms with Crippen LogP contribution in [0.25, 0.3) is 22.3 Å². The molecule has 7 rings (SSSR count). The van der Waals surface area contributed by atoms with Crippen molar-refractivity contribution in [3.63, 3.8) is 0 Å². The zero-order valence-electron chi connectivity index (χ0n) is 33.3. The number of carbonyl (C=O) groups excluding carboxylic acids is 3. The summed E-state index contributed by atoms with van der Waals surface area (Å²) < 4.78 is 12.3. The molecule has 2 aromatic heterocycles. The van der Waals surface area contributed by atoms with Gasteiger partial charge in [0.15, 0.2) is 5.65 Å². The average Bonchev–Trinajstić information content (AvgIpc) is 3.68. The second-order valence-corrected chi connectivity index (χ2v) is 14.8. The zero-order chi connectivity index (χ0) is 43.6. The number of piperidine rings is 1. The molecule has 18 heteroatoms. The normalized spacial score (nSPS) is 13.4. The molecule has 1 atom stereocenters. The van der Waals surface area contributed by atoms with E-state index in [1.54, 1.807) is 65.6 Å². The van der Waals surface area contributed by atoms with E-state index in [1.807, 2.05) is 28.9 Å². The highest BCUT2D eigenvalue weighted by Crippen LogP contribution is 2.34. The SMILES string of the molecule is C=CC(=O)N1CCC[C@@H](n2nc(-c3ccc(CNC(=O)c4cc(Cl)ccc4OC)cc3)c3c(N)ncnc32)C1.COc1ccc(Cl)cc1C(=O)NCc1ccc(B(O)O)cc1. The number of amides is 3. The number of nitrogens with zero attached hydrogens (tertiary/aromatic N) is 5. The molecule has 1 saturated heterocycles. The van der Waals surface area contributed by atoms with Crippen molar-refractivity contribution < 1.29 is 33.9 Å². The Bertz CT molecular complexity index is 2540. The summed E-state index contributed by atoms with van der Waals surface area (Å²) in [5.74, 6) is 0.546. The number of halogens is 2. The third-order valence-corrected chi connectivity index (χ3v) is 10.4. The predicted octanol–water partition coefficient (Wildman–Crippen LogP) is 4.98. The van der Waals surface area contributed by atoms with Gasteiger partial charge in [-0.2, -0.15) is 5.10 Å². The minimum absolute atomic E-state index is 0.0498. The van der Waals surface area contributed by atoms with Gasteiger partial charge < -0.3 is 40.8 Å². The summed E-state index contributed by atoms with van der Waals surface area (Å²) in [5, 5.41) is 30.2. The van der Waals surface area contributed by atoms with Gasteiger partial charge in [0.2, 0.25) is 5.91 Å². The van der Waals surface area contributed by atoms with E-state index in [0.29, 0.717) is 86.9 Å². The monoisotopic (exact) mass is 864 g/mol. The standard InChI is InChI=1S/C28H28ClN7O3.C15H15BClNO4/c1-3-23(37)35-12-4-5-20(15-35)36-27-24(26(30)32-16-33-27)25(34-36)18-8-6-17(7-9-18)14-31-28(38)21-13-19(29)10-11-22(21)39-2;1-22-14-7-6-12(17)8-13(14)15(19)18-9-10-2-4-11(5-3-10)16(20)21/h3,6-11,13,16,20H,1,4-5,12,14-15H2,2H3,(H,31,38)(H2,30,32,33);2-8,20-21H,9H2,1H3,(H,18,19)/t20-;/m1./s1. The quantitative estimate of drug-likeness (QED) is 0.0820. The van der Waals surface area contributed by atoms with Crippen LogP contribution in [0.3, 0.4) is 0 Å². The molecular weight excluding hydrogens is 822 g/mol. The van der Waals surface area contributed by atoms with Crippen LogP contribution in [-0.2, 0) is 17.9 Å². The molecule has 0 unspecified atom stereocenters. The third kappa shape index (κ3) is 10.7. The molecule has 1 aliphatic rings. The Morgan fingerprint density at radius 2 is 1.43 bits per heavy atom. The van der Waals surface area contributed by atoms with Crippen LogP contribution in [0, 0.1) is 0 Å². The minimum Gasteiger partial charge on any atom is -0.496 e. The molecule has 0 radical (unpaired) electrons. The molecule has 4 aromatic carbocycles. The summed E-state index contributed by atoms with van der Waals surface area (Å²) >= 11 is 12.0. The van der Waals surface area contributed by atoms with E-state index >= 15 is 0 Å². The Balaban J connectivity index is 0.000000240. The number of anilines is 1. The lowest BCUT2D eigenvalue weighted by Crippen LogP contribution is -2.40. The second kappa shape index (κ2) is 20.2. The van der Waals surface area contributed by atoms with Crippen LogP contribution in [0.15, 0.2) is 104 Å². The topological polar surface area (TPSA) is 207 Å². The van der Waals surface area contributed by atoms with Crippen molar-refractivity contribution in [3.05, 3.63) is 136 Å². The van der Waals surface area contributed by atoms with Crippen molar-refractivity contribution in [2.75, 3.05) is 33.0 Å². The molecule has 0 aliphatic carbocycles. The van der Waals surface area contributed by atoms with Crippen molar-refractivity contribution in [1.82, 2.24) is 35.3 Å². The van der Waals surface area contributed by atoms with Gasteiger partial charge in [0.25, 0.3) is 11.8 Å². The van der Waals surface area contributed by atoms with Crippen LogP contribution < -0.4 is 31.3 Å². The summed E-state index contributed by atoms with van der Waals surface area (Å²) in [6, 6.07) is 24.0. The van der Waals surface area contributed by atoms with Crippen LogP contribution in [0.2, 0.25) is 10.0 Å². The molecule has 0 bridgehead atoms. The maximum atomic E-state index is 12.7. The van der Waals surface area contributed by atoms with Gasteiger partial charge in [-0.15, -0.1) is 0 Å². The Labute approximate surface area is 362 Å². The minimum atomic E-state index is -1.50. The van der Waals surface area contributed by atoms with Crippen molar-refractivity contribution in [1.29, 1.82) is 0 Å². The van der Waals surface area contributed by atoms with Crippen LogP contribution in [0.1, 0.15) is 50.7 Å². The number of ether oxygens (including phenoxy) is 2. The van der Waals surface area contributed by atoms with Crippen LogP contribution in [0.5, 0.6) is 11.5 Å². The number of hydrogen-bond donors (Lipinski definition) is 5. The lowest BCUT2D eigenvalue weighted by Gasteiger charge is -2.32. The summed E-state index contributed by atoms with van der Waals surface area (Å²) in [5.41, 5.74) is 11.3. The van der Waals surface area contributed by atoms with Crippen molar-refractivity contribution in [2.24, 2.45) is 0 Å². The smallest absolute Gasteiger partial charge is 0.488 e. The maximum absolute atomic E-state index is 12.7. The van der Waals surface area contributed by atoms with Crippen LogP contribution in [0.4, 0.5) is 5.82 Å². The fourth-order valence-electron chi connectivity index (χ4n) is 6.79. The summed E-state index contributed by atoms with van der Waals surface area (Å²) in [6.07, 6.45) is 4.47. The highest BCUT2D eigenvalue weighted by Gasteiger charge is 2.28.